The van der Waals surface area contributed by atoms with Crippen LogP contribution in [0.4, 0.5) is 0 Å². The molecule has 3 rings (SSSR count). The molecule has 1 saturated carbocycles. The van der Waals surface area contributed by atoms with E-state index >= 15 is 0 Å². The van der Waals surface area contributed by atoms with Crippen LogP contribution >= 0.6 is 23.7 Å². The van der Waals surface area contributed by atoms with Gasteiger partial charge in [-0.25, -0.2) is 4.98 Å². The van der Waals surface area contributed by atoms with Crippen LogP contribution in [0.5, 0.6) is 0 Å². The minimum atomic E-state index is 0. The van der Waals surface area contributed by atoms with Crippen molar-refractivity contribution in [2.45, 2.75) is 38.8 Å². The fourth-order valence-corrected chi connectivity index (χ4v) is 3.60. The fraction of sp³-hybridized carbons (Fsp3) is 0.444. The Labute approximate surface area is 153 Å². The van der Waals surface area contributed by atoms with Crippen molar-refractivity contribution in [3.63, 3.8) is 0 Å². The Morgan fingerprint density at radius 2 is 2.08 bits per heavy atom. The smallest absolute Gasteiger partial charge is 0.273 e. The van der Waals surface area contributed by atoms with Crippen molar-refractivity contribution in [2.75, 3.05) is 6.54 Å². The first-order chi connectivity index (χ1) is 11.2. The van der Waals surface area contributed by atoms with Gasteiger partial charge in [-0.3, -0.25) is 4.79 Å². The molecular formula is C18H24ClN3OS. The molecule has 1 amide bonds. The minimum Gasteiger partial charge on any atom is -0.330 e. The van der Waals surface area contributed by atoms with Crippen LogP contribution in [-0.2, 0) is 13.0 Å². The lowest BCUT2D eigenvalue weighted by Gasteiger charge is -2.29. The maximum atomic E-state index is 13.0. The van der Waals surface area contributed by atoms with Gasteiger partial charge in [0.05, 0.1) is 5.01 Å². The van der Waals surface area contributed by atoms with Gasteiger partial charge in [-0.2, -0.15) is 0 Å². The summed E-state index contributed by atoms with van der Waals surface area (Å²) in [7, 11) is 0. The van der Waals surface area contributed by atoms with Gasteiger partial charge < -0.3 is 10.6 Å². The van der Waals surface area contributed by atoms with Crippen molar-refractivity contribution in [2.24, 2.45) is 11.7 Å². The second-order valence-corrected chi connectivity index (χ2v) is 7.10. The number of carbonyl (C=O) groups excluding carboxylic acids is 1. The third-order valence-electron chi connectivity index (χ3n) is 4.38. The Kier molecular flexibility index (Phi) is 6.78. The lowest BCUT2D eigenvalue weighted by atomic mass is 10.1. The molecule has 0 saturated heterocycles. The number of nitrogens with two attached hydrogens (primary N) is 1. The van der Waals surface area contributed by atoms with Gasteiger partial charge in [-0.1, -0.05) is 30.3 Å². The largest absolute Gasteiger partial charge is 0.330 e. The zero-order chi connectivity index (χ0) is 16.2. The van der Waals surface area contributed by atoms with E-state index in [0.29, 0.717) is 24.7 Å². The van der Waals surface area contributed by atoms with Crippen LogP contribution < -0.4 is 5.73 Å². The Balaban J connectivity index is 0.00000208. The van der Waals surface area contributed by atoms with Gasteiger partial charge in [-0.05, 0) is 37.8 Å². The van der Waals surface area contributed by atoms with Gasteiger partial charge in [0.25, 0.3) is 5.91 Å². The molecule has 0 spiro atoms. The predicted molar refractivity (Wildman–Crippen MR) is 101 cm³/mol. The molecule has 0 radical (unpaired) electrons. The lowest BCUT2D eigenvalue weighted by Crippen LogP contribution is -2.39. The second-order valence-electron chi connectivity index (χ2n) is 6.16. The molecule has 1 aliphatic carbocycles. The van der Waals surface area contributed by atoms with E-state index in [1.54, 1.807) is 0 Å². The summed E-state index contributed by atoms with van der Waals surface area (Å²) in [5.41, 5.74) is 7.29. The summed E-state index contributed by atoms with van der Waals surface area (Å²) in [4.78, 5) is 19.4. The summed E-state index contributed by atoms with van der Waals surface area (Å²) in [6.07, 6.45) is 3.17. The number of halogens is 1. The first-order valence-electron chi connectivity index (χ1n) is 8.18. The predicted octanol–water partition coefficient (Wildman–Crippen LogP) is 3.51. The monoisotopic (exact) mass is 365 g/mol. The Morgan fingerprint density at radius 3 is 2.71 bits per heavy atom. The number of rotatable bonds is 7. The van der Waals surface area contributed by atoms with Crippen molar-refractivity contribution in [1.82, 2.24) is 9.88 Å². The first kappa shape index (κ1) is 18.9. The molecule has 0 bridgehead atoms. The van der Waals surface area contributed by atoms with E-state index in [1.807, 2.05) is 28.5 Å². The lowest BCUT2D eigenvalue weighted by molar-refractivity contribution is 0.0649. The minimum absolute atomic E-state index is 0. The van der Waals surface area contributed by atoms with E-state index in [2.05, 4.69) is 24.0 Å². The van der Waals surface area contributed by atoms with E-state index < -0.39 is 0 Å². The van der Waals surface area contributed by atoms with Gasteiger partial charge in [0.2, 0.25) is 0 Å². The molecule has 1 fully saturated rings. The van der Waals surface area contributed by atoms with Gasteiger partial charge in [-0.15, -0.1) is 23.7 Å². The molecule has 6 heteroatoms. The molecule has 24 heavy (non-hydrogen) atoms. The van der Waals surface area contributed by atoms with Crippen LogP contribution in [0.15, 0.2) is 35.7 Å². The van der Waals surface area contributed by atoms with Crippen molar-refractivity contribution >= 4 is 29.7 Å². The standard InChI is InChI=1S/C18H23N3OS.ClH/c1-13(15-7-8-15)21(11-14-5-3-2-4-6-14)18(22)16-12-23-17(20-16)9-10-19;/h2-6,12-13,15H,7-11,19H2,1H3;1H. The van der Waals surface area contributed by atoms with Gasteiger partial charge >= 0.3 is 0 Å². The van der Waals surface area contributed by atoms with Crippen LogP contribution in [0, 0.1) is 5.92 Å². The summed E-state index contributed by atoms with van der Waals surface area (Å²) < 4.78 is 0. The van der Waals surface area contributed by atoms with Gasteiger partial charge in [0, 0.05) is 24.4 Å². The summed E-state index contributed by atoms with van der Waals surface area (Å²) in [5.74, 6) is 0.664. The van der Waals surface area contributed by atoms with Gasteiger partial charge in [0.15, 0.2) is 0 Å². The second kappa shape index (κ2) is 8.60. The molecule has 1 aromatic heterocycles. The number of thiazole rings is 1. The molecule has 1 aromatic carbocycles. The van der Waals surface area contributed by atoms with Crippen molar-refractivity contribution in [3.05, 3.63) is 52.0 Å². The maximum Gasteiger partial charge on any atom is 0.273 e. The highest BCUT2D eigenvalue weighted by Crippen LogP contribution is 2.36. The molecule has 1 heterocycles. The summed E-state index contributed by atoms with van der Waals surface area (Å²) in [5, 5.41) is 2.81. The van der Waals surface area contributed by atoms with Crippen LogP contribution in [0.1, 0.15) is 40.8 Å². The zero-order valence-electron chi connectivity index (χ0n) is 13.9. The molecule has 1 atom stereocenters. The fourth-order valence-electron chi connectivity index (χ4n) is 2.81. The molecule has 2 N–H and O–H groups in total. The number of aromatic nitrogens is 1. The van der Waals surface area contributed by atoms with Crippen LogP contribution in [0.2, 0.25) is 0 Å². The molecule has 130 valence electrons. The Morgan fingerprint density at radius 1 is 1.38 bits per heavy atom. The van der Waals surface area contributed by atoms with Crippen LogP contribution in [0.25, 0.3) is 0 Å². The van der Waals surface area contributed by atoms with Crippen LogP contribution in [-0.4, -0.2) is 28.4 Å². The number of hydrogen-bond acceptors (Lipinski definition) is 4. The Bertz CT molecular complexity index is 657. The zero-order valence-corrected chi connectivity index (χ0v) is 15.5. The highest BCUT2D eigenvalue weighted by Gasteiger charge is 2.35. The quantitative estimate of drug-likeness (QED) is 0.816. The number of benzene rings is 1. The van der Waals surface area contributed by atoms with Crippen molar-refractivity contribution < 1.29 is 4.79 Å². The highest BCUT2D eigenvalue weighted by atomic mass is 35.5. The van der Waals surface area contributed by atoms with E-state index in [4.69, 9.17) is 5.73 Å². The molecule has 1 unspecified atom stereocenters. The molecular weight excluding hydrogens is 342 g/mol. The third kappa shape index (κ3) is 4.56. The summed E-state index contributed by atoms with van der Waals surface area (Å²) >= 11 is 1.52. The van der Waals surface area contributed by atoms with Crippen LogP contribution in [0.3, 0.4) is 0 Å². The van der Waals surface area contributed by atoms with E-state index in [0.717, 1.165) is 17.0 Å². The van der Waals surface area contributed by atoms with E-state index in [9.17, 15) is 4.79 Å². The number of amides is 1. The maximum absolute atomic E-state index is 13.0. The summed E-state index contributed by atoms with van der Waals surface area (Å²) in [6.45, 7) is 3.36. The first-order valence-corrected chi connectivity index (χ1v) is 9.06. The highest BCUT2D eigenvalue weighted by molar-refractivity contribution is 7.09. The van der Waals surface area contributed by atoms with Gasteiger partial charge in [0.1, 0.15) is 5.69 Å². The van der Waals surface area contributed by atoms with Crippen molar-refractivity contribution in [3.8, 4) is 0 Å². The number of carbonyl (C=O) groups is 1. The van der Waals surface area contributed by atoms with E-state index in [-0.39, 0.29) is 24.4 Å². The Hall–Kier alpha value is -1.43. The van der Waals surface area contributed by atoms with E-state index in [1.165, 1.54) is 24.2 Å². The van der Waals surface area contributed by atoms with Crippen molar-refractivity contribution in [1.29, 1.82) is 0 Å². The molecule has 4 nitrogen and oxygen atoms in total. The number of nitrogens with zero attached hydrogens (tertiary/aromatic N) is 2. The molecule has 1 aliphatic rings. The summed E-state index contributed by atoms with van der Waals surface area (Å²) in [6, 6.07) is 10.4. The normalized spacial score (nSPS) is 14.8. The topological polar surface area (TPSA) is 59.2 Å². The SMILES string of the molecule is CC(C1CC1)N(Cc1ccccc1)C(=O)c1csc(CCN)n1.Cl. The number of hydrogen-bond donors (Lipinski definition) is 1. The molecule has 0 aliphatic heterocycles. The molecule has 2 aromatic rings. The average molecular weight is 366 g/mol. The third-order valence-corrected chi connectivity index (χ3v) is 5.29. The average Bonchev–Trinajstić information content (AvgIpc) is 3.32.